The molecule has 0 aliphatic rings. The molecule has 0 bridgehead atoms. The number of halogens is 5. The maximum atomic E-state index is 14.4. The van der Waals surface area contributed by atoms with E-state index in [-0.39, 0.29) is 11.9 Å². The van der Waals surface area contributed by atoms with Gasteiger partial charge in [0.2, 0.25) is 0 Å². The first-order valence-corrected chi connectivity index (χ1v) is 9.31. The summed E-state index contributed by atoms with van der Waals surface area (Å²) in [5.74, 6) is -0.284. The molecule has 0 aromatic heterocycles. The average Bonchev–Trinajstić information content (AvgIpc) is 2.43. The molecule has 0 spiro atoms. The minimum absolute atomic E-state index is 0.245. The zero-order valence-corrected chi connectivity index (χ0v) is 17.1. The Morgan fingerprint density at radius 1 is 1.24 bits per heavy atom. The molecule has 21 heavy (non-hydrogen) atoms. The molecular formula is C15H12Br2ClFIN. The van der Waals surface area contributed by atoms with Crippen LogP contribution in [0.3, 0.4) is 0 Å². The lowest BCUT2D eigenvalue weighted by Gasteiger charge is -2.22. The van der Waals surface area contributed by atoms with E-state index in [1.807, 2.05) is 25.1 Å². The fourth-order valence-electron chi connectivity index (χ4n) is 2.09. The highest BCUT2D eigenvalue weighted by atomic mass is 127. The zero-order valence-electron chi connectivity index (χ0n) is 11.1. The van der Waals surface area contributed by atoms with Gasteiger partial charge in [-0.05, 0) is 81.0 Å². The van der Waals surface area contributed by atoms with Crippen LogP contribution in [0.15, 0.2) is 39.3 Å². The summed E-state index contributed by atoms with van der Waals surface area (Å²) in [5.41, 5.74) is 1.56. The highest BCUT2D eigenvalue weighted by molar-refractivity contribution is 14.1. The predicted octanol–water partition coefficient (Wildman–Crippen LogP) is 6.31. The molecule has 0 fully saturated rings. The van der Waals surface area contributed by atoms with Crippen molar-refractivity contribution in [2.24, 2.45) is 0 Å². The van der Waals surface area contributed by atoms with Crippen LogP contribution in [0, 0.1) is 9.39 Å². The minimum atomic E-state index is -0.284. The van der Waals surface area contributed by atoms with E-state index in [0.29, 0.717) is 15.1 Å². The Morgan fingerprint density at radius 2 is 1.95 bits per heavy atom. The van der Waals surface area contributed by atoms with E-state index in [1.54, 1.807) is 6.07 Å². The van der Waals surface area contributed by atoms with Gasteiger partial charge < -0.3 is 5.32 Å². The Balaban J connectivity index is 2.58. The fourth-order valence-corrected chi connectivity index (χ4v) is 3.60. The lowest BCUT2D eigenvalue weighted by atomic mass is 9.98. The molecule has 1 N–H and O–H groups in total. The first-order chi connectivity index (χ1) is 9.93. The van der Waals surface area contributed by atoms with Gasteiger partial charge in [0.05, 0.1) is 11.1 Å². The summed E-state index contributed by atoms with van der Waals surface area (Å²) in [6.07, 6.45) is 0. The summed E-state index contributed by atoms with van der Waals surface area (Å²) in [6, 6.07) is 8.81. The van der Waals surface area contributed by atoms with E-state index in [0.717, 1.165) is 20.2 Å². The predicted molar refractivity (Wildman–Crippen MR) is 101 cm³/mol. The molecule has 0 saturated heterocycles. The second kappa shape index (κ2) is 7.73. The van der Waals surface area contributed by atoms with Crippen LogP contribution in [0.2, 0.25) is 5.02 Å². The Bertz CT molecular complexity index is 666. The molecule has 112 valence electrons. The third-order valence-electron chi connectivity index (χ3n) is 3.03. The van der Waals surface area contributed by atoms with Gasteiger partial charge in [0.25, 0.3) is 0 Å². The molecule has 1 atom stereocenters. The SMILES string of the molecule is CCNC(c1cc(Cl)c(Br)cc1F)c1cc(Br)ccc1I. The van der Waals surface area contributed by atoms with Crippen LogP contribution in [0.4, 0.5) is 4.39 Å². The topological polar surface area (TPSA) is 12.0 Å². The number of hydrogen-bond donors (Lipinski definition) is 1. The average molecular weight is 547 g/mol. The first-order valence-electron chi connectivity index (χ1n) is 6.26. The number of benzene rings is 2. The van der Waals surface area contributed by atoms with Crippen molar-refractivity contribution in [1.82, 2.24) is 5.32 Å². The van der Waals surface area contributed by atoms with Crippen LogP contribution in [0.1, 0.15) is 24.1 Å². The van der Waals surface area contributed by atoms with Crippen LogP contribution in [0.5, 0.6) is 0 Å². The normalized spacial score (nSPS) is 12.5. The summed E-state index contributed by atoms with van der Waals surface area (Å²) in [6.45, 7) is 2.72. The maximum Gasteiger partial charge on any atom is 0.129 e. The monoisotopic (exact) mass is 545 g/mol. The fraction of sp³-hybridized carbons (Fsp3) is 0.200. The number of rotatable bonds is 4. The smallest absolute Gasteiger partial charge is 0.129 e. The zero-order chi connectivity index (χ0) is 15.6. The van der Waals surface area contributed by atoms with Crippen molar-refractivity contribution in [3.63, 3.8) is 0 Å². The summed E-state index contributed by atoms with van der Waals surface area (Å²) in [4.78, 5) is 0. The summed E-state index contributed by atoms with van der Waals surface area (Å²) in [7, 11) is 0. The Labute approximate surface area is 159 Å². The maximum absolute atomic E-state index is 14.4. The second-order valence-electron chi connectivity index (χ2n) is 4.44. The highest BCUT2D eigenvalue weighted by Crippen LogP contribution is 2.34. The van der Waals surface area contributed by atoms with Gasteiger partial charge in [-0.1, -0.05) is 34.5 Å². The molecule has 2 aromatic carbocycles. The van der Waals surface area contributed by atoms with E-state index in [4.69, 9.17) is 11.6 Å². The first kappa shape index (κ1) is 17.7. The molecule has 0 saturated carbocycles. The lowest BCUT2D eigenvalue weighted by molar-refractivity contribution is 0.557. The van der Waals surface area contributed by atoms with Crippen molar-refractivity contribution >= 4 is 66.1 Å². The summed E-state index contributed by atoms with van der Waals surface area (Å²) < 4.78 is 17.0. The minimum Gasteiger partial charge on any atom is -0.306 e. The van der Waals surface area contributed by atoms with E-state index >= 15 is 0 Å². The Morgan fingerprint density at radius 3 is 2.62 bits per heavy atom. The van der Waals surface area contributed by atoms with Crippen molar-refractivity contribution < 1.29 is 4.39 Å². The molecule has 0 radical (unpaired) electrons. The molecule has 0 aliphatic heterocycles. The third-order valence-corrected chi connectivity index (χ3v) is 5.70. The van der Waals surface area contributed by atoms with E-state index < -0.39 is 0 Å². The van der Waals surface area contributed by atoms with Crippen molar-refractivity contribution in [3.8, 4) is 0 Å². The highest BCUT2D eigenvalue weighted by Gasteiger charge is 2.21. The van der Waals surface area contributed by atoms with Gasteiger partial charge in [-0.15, -0.1) is 0 Å². The number of nitrogens with one attached hydrogen (secondary N) is 1. The molecule has 1 nitrogen and oxygen atoms in total. The van der Waals surface area contributed by atoms with E-state index in [1.165, 1.54) is 6.07 Å². The van der Waals surface area contributed by atoms with E-state index in [9.17, 15) is 4.39 Å². The molecule has 6 heteroatoms. The van der Waals surface area contributed by atoms with Crippen LogP contribution < -0.4 is 5.32 Å². The Kier molecular flexibility index (Phi) is 6.50. The van der Waals surface area contributed by atoms with Crippen molar-refractivity contribution in [1.29, 1.82) is 0 Å². The van der Waals surface area contributed by atoms with Gasteiger partial charge in [-0.3, -0.25) is 0 Å². The third kappa shape index (κ3) is 4.19. The van der Waals surface area contributed by atoms with Crippen LogP contribution in [0.25, 0.3) is 0 Å². The van der Waals surface area contributed by atoms with Gasteiger partial charge in [-0.25, -0.2) is 4.39 Å². The summed E-state index contributed by atoms with van der Waals surface area (Å²) >= 11 is 15.1. The van der Waals surface area contributed by atoms with Crippen molar-refractivity contribution in [3.05, 3.63) is 64.8 Å². The molecular weight excluding hydrogens is 535 g/mol. The van der Waals surface area contributed by atoms with Gasteiger partial charge in [-0.2, -0.15) is 0 Å². The lowest BCUT2D eigenvalue weighted by Crippen LogP contribution is -2.24. The van der Waals surface area contributed by atoms with Crippen molar-refractivity contribution in [2.45, 2.75) is 13.0 Å². The van der Waals surface area contributed by atoms with Gasteiger partial charge >= 0.3 is 0 Å². The largest absolute Gasteiger partial charge is 0.306 e. The van der Waals surface area contributed by atoms with Gasteiger partial charge in [0.1, 0.15) is 5.82 Å². The summed E-state index contributed by atoms with van der Waals surface area (Å²) in [5, 5.41) is 3.83. The molecule has 0 aliphatic carbocycles. The molecule has 2 aromatic rings. The molecule has 0 amide bonds. The van der Waals surface area contributed by atoms with E-state index in [2.05, 4.69) is 59.8 Å². The molecule has 2 rings (SSSR count). The standard InChI is InChI=1S/C15H12Br2ClFIN/c1-2-21-15(10-5-8(16)3-4-14(10)20)9-6-12(18)11(17)7-13(9)19/h3-7,15,21H,2H2,1H3. The van der Waals surface area contributed by atoms with Gasteiger partial charge in [0, 0.05) is 18.1 Å². The second-order valence-corrected chi connectivity index (χ2v) is 7.78. The van der Waals surface area contributed by atoms with Gasteiger partial charge in [0.15, 0.2) is 0 Å². The molecule has 0 heterocycles. The Hall–Kier alpha value is 0.310. The van der Waals surface area contributed by atoms with Crippen LogP contribution in [-0.4, -0.2) is 6.54 Å². The quantitative estimate of drug-likeness (QED) is 0.350. The molecule has 1 unspecified atom stereocenters. The van der Waals surface area contributed by atoms with Crippen molar-refractivity contribution in [2.75, 3.05) is 6.54 Å². The van der Waals surface area contributed by atoms with Crippen LogP contribution in [-0.2, 0) is 0 Å². The number of hydrogen-bond acceptors (Lipinski definition) is 1. The van der Waals surface area contributed by atoms with Crippen LogP contribution >= 0.6 is 66.1 Å².